The molecule has 1 fully saturated rings. The van der Waals surface area contributed by atoms with Gasteiger partial charge in [-0.2, -0.15) is 4.31 Å². The molecule has 11 heteroatoms. The molecule has 1 N–H and O–H groups in total. The highest BCUT2D eigenvalue weighted by atomic mass is 79.9. The van der Waals surface area contributed by atoms with Gasteiger partial charge in [-0.15, -0.1) is 11.3 Å². The van der Waals surface area contributed by atoms with Crippen molar-refractivity contribution in [3.63, 3.8) is 0 Å². The predicted molar refractivity (Wildman–Crippen MR) is 102 cm³/mol. The number of benzene rings is 1. The molecule has 0 unspecified atom stereocenters. The third kappa shape index (κ3) is 4.91. The number of hydrogen-bond acceptors (Lipinski definition) is 5. The smallest absolute Gasteiger partial charge is 0.252 e. The molecule has 0 bridgehead atoms. The number of thiophene rings is 1. The van der Waals surface area contributed by atoms with Crippen LogP contribution in [0.2, 0.25) is 0 Å². The van der Waals surface area contributed by atoms with Crippen LogP contribution in [0.3, 0.4) is 0 Å². The number of anilines is 1. The molecule has 1 aromatic heterocycles. The van der Waals surface area contributed by atoms with Crippen molar-refractivity contribution in [3.05, 3.63) is 45.8 Å². The van der Waals surface area contributed by atoms with E-state index in [1.165, 1.54) is 10.4 Å². The van der Waals surface area contributed by atoms with Crippen LogP contribution in [0.4, 0.5) is 14.5 Å². The zero-order valence-corrected chi connectivity index (χ0v) is 17.2. The van der Waals surface area contributed by atoms with E-state index in [4.69, 9.17) is 0 Å². The SMILES string of the molecule is O=C(CN1CCN(S(=O)(=O)c2ccc(Br)s2)CC1)Nc1ccc(F)c(F)c1. The minimum atomic E-state index is -3.53. The van der Waals surface area contributed by atoms with E-state index in [-0.39, 0.29) is 35.4 Å². The van der Waals surface area contributed by atoms with Crippen molar-refractivity contribution in [3.8, 4) is 0 Å². The minimum absolute atomic E-state index is 0.0391. The van der Waals surface area contributed by atoms with Crippen LogP contribution in [0.25, 0.3) is 0 Å². The molecule has 146 valence electrons. The summed E-state index contributed by atoms with van der Waals surface area (Å²) in [5.41, 5.74) is 0.170. The Morgan fingerprint density at radius 3 is 2.41 bits per heavy atom. The number of rotatable bonds is 5. The van der Waals surface area contributed by atoms with Crippen molar-refractivity contribution in [2.45, 2.75) is 4.21 Å². The summed E-state index contributed by atoms with van der Waals surface area (Å²) in [5.74, 6) is -2.39. The molecule has 0 aliphatic carbocycles. The lowest BCUT2D eigenvalue weighted by molar-refractivity contribution is -0.117. The Hall–Kier alpha value is -1.40. The topological polar surface area (TPSA) is 69.7 Å². The van der Waals surface area contributed by atoms with Gasteiger partial charge in [0.25, 0.3) is 10.0 Å². The summed E-state index contributed by atoms with van der Waals surface area (Å²) in [6.07, 6.45) is 0. The molecule has 1 amide bonds. The van der Waals surface area contributed by atoms with Crippen LogP contribution >= 0.6 is 27.3 Å². The van der Waals surface area contributed by atoms with Gasteiger partial charge in [-0.1, -0.05) is 0 Å². The number of piperazine rings is 1. The highest BCUT2D eigenvalue weighted by molar-refractivity contribution is 9.11. The first-order valence-corrected chi connectivity index (χ1v) is 11.0. The number of halogens is 3. The third-order valence-corrected chi connectivity index (χ3v) is 8.03. The van der Waals surface area contributed by atoms with Crippen molar-refractivity contribution < 1.29 is 22.0 Å². The summed E-state index contributed by atoms with van der Waals surface area (Å²) in [6, 6.07) is 6.39. The molecular weight excluding hydrogens is 464 g/mol. The van der Waals surface area contributed by atoms with Gasteiger partial charge in [0, 0.05) is 37.9 Å². The van der Waals surface area contributed by atoms with E-state index in [1.54, 1.807) is 12.1 Å². The van der Waals surface area contributed by atoms with Gasteiger partial charge in [0.15, 0.2) is 11.6 Å². The van der Waals surface area contributed by atoms with E-state index in [2.05, 4.69) is 21.2 Å². The third-order valence-electron chi connectivity index (χ3n) is 4.04. The number of carbonyl (C=O) groups excluding carboxylic acids is 1. The monoisotopic (exact) mass is 479 g/mol. The summed E-state index contributed by atoms with van der Waals surface area (Å²) in [4.78, 5) is 13.9. The molecule has 2 heterocycles. The molecule has 6 nitrogen and oxygen atoms in total. The van der Waals surface area contributed by atoms with E-state index >= 15 is 0 Å². The summed E-state index contributed by atoms with van der Waals surface area (Å²) in [7, 11) is -3.53. The maximum atomic E-state index is 13.2. The largest absolute Gasteiger partial charge is 0.325 e. The van der Waals surface area contributed by atoms with E-state index in [0.29, 0.717) is 13.1 Å². The van der Waals surface area contributed by atoms with Gasteiger partial charge in [-0.05, 0) is 40.2 Å². The van der Waals surface area contributed by atoms with Crippen molar-refractivity contribution in [1.82, 2.24) is 9.21 Å². The van der Waals surface area contributed by atoms with Crippen molar-refractivity contribution in [1.29, 1.82) is 0 Å². The summed E-state index contributed by atoms with van der Waals surface area (Å²) < 4.78 is 53.7. The van der Waals surface area contributed by atoms with Gasteiger partial charge in [-0.3, -0.25) is 9.69 Å². The molecule has 1 aliphatic heterocycles. The molecule has 2 aromatic rings. The molecular formula is C16H16BrF2N3O3S2. The molecule has 0 atom stereocenters. The average molecular weight is 480 g/mol. The number of carbonyl (C=O) groups is 1. The minimum Gasteiger partial charge on any atom is -0.325 e. The molecule has 0 saturated carbocycles. The Kier molecular flexibility index (Phi) is 6.26. The Balaban J connectivity index is 1.53. The predicted octanol–water partition coefficient (Wildman–Crippen LogP) is 2.73. The Bertz CT molecular complexity index is 944. The van der Waals surface area contributed by atoms with Crippen LogP contribution in [-0.2, 0) is 14.8 Å². The second kappa shape index (κ2) is 8.31. The molecule has 1 saturated heterocycles. The average Bonchev–Trinajstić information content (AvgIpc) is 3.06. The van der Waals surface area contributed by atoms with Crippen molar-refractivity contribution in [2.75, 3.05) is 38.0 Å². The Labute approximate surface area is 168 Å². The van der Waals surface area contributed by atoms with E-state index in [0.717, 1.165) is 27.3 Å². The number of sulfonamides is 1. The normalized spacial score (nSPS) is 16.4. The fourth-order valence-corrected chi connectivity index (χ4v) is 6.26. The molecule has 0 radical (unpaired) electrons. The zero-order valence-electron chi connectivity index (χ0n) is 14.0. The highest BCUT2D eigenvalue weighted by Crippen LogP contribution is 2.28. The second-order valence-electron chi connectivity index (χ2n) is 5.92. The number of amides is 1. The molecule has 1 aromatic carbocycles. The first kappa shape index (κ1) is 20.3. The number of hydrogen-bond donors (Lipinski definition) is 1. The van der Waals surface area contributed by atoms with E-state index < -0.39 is 21.7 Å². The first-order valence-electron chi connectivity index (χ1n) is 7.98. The Morgan fingerprint density at radius 1 is 1.11 bits per heavy atom. The van der Waals surface area contributed by atoms with Gasteiger partial charge < -0.3 is 5.32 Å². The summed E-state index contributed by atoms with van der Waals surface area (Å²) in [5, 5.41) is 2.50. The summed E-state index contributed by atoms with van der Waals surface area (Å²) in [6.45, 7) is 1.39. The van der Waals surface area contributed by atoms with Crippen LogP contribution in [0.15, 0.2) is 38.3 Å². The Morgan fingerprint density at radius 2 is 1.81 bits per heavy atom. The maximum absolute atomic E-state index is 13.2. The van der Waals surface area contributed by atoms with Crippen LogP contribution < -0.4 is 5.32 Å². The van der Waals surface area contributed by atoms with Gasteiger partial charge in [-0.25, -0.2) is 17.2 Å². The second-order valence-corrected chi connectivity index (χ2v) is 10.5. The van der Waals surface area contributed by atoms with Crippen LogP contribution in [0.1, 0.15) is 0 Å². The van der Waals surface area contributed by atoms with Crippen LogP contribution in [-0.4, -0.2) is 56.3 Å². The lowest BCUT2D eigenvalue weighted by Crippen LogP contribution is -2.50. The van der Waals surface area contributed by atoms with Gasteiger partial charge in [0.2, 0.25) is 5.91 Å². The lowest BCUT2D eigenvalue weighted by Gasteiger charge is -2.33. The van der Waals surface area contributed by atoms with Gasteiger partial charge >= 0.3 is 0 Å². The molecule has 3 rings (SSSR count). The fraction of sp³-hybridized carbons (Fsp3) is 0.312. The summed E-state index contributed by atoms with van der Waals surface area (Å²) >= 11 is 4.41. The van der Waals surface area contributed by atoms with Gasteiger partial charge in [0.05, 0.1) is 10.3 Å². The molecule has 0 spiro atoms. The van der Waals surface area contributed by atoms with Crippen molar-refractivity contribution >= 4 is 48.9 Å². The van der Waals surface area contributed by atoms with Crippen molar-refractivity contribution in [2.24, 2.45) is 0 Å². The highest BCUT2D eigenvalue weighted by Gasteiger charge is 2.30. The number of nitrogens with zero attached hydrogens (tertiary/aromatic N) is 2. The standard InChI is InChI=1S/C16H16BrF2N3O3S2/c17-14-3-4-16(26-14)27(24,25)22-7-5-21(6-8-22)10-15(23)20-11-1-2-12(18)13(19)9-11/h1-4,9H,5-8,10H2,(H,20,23). The zero-order chi connectivity index (χ0) is 19.6. The fourth-order valence-electron chi connectivity index (χ4n) is 2.67. The van der Waals surface area contributed by atoms with Crippen LogP contribution in [0, 0.1) is 11.6 Å². The van der Waals surface area contributed by atoms with E-state index in [1.807, 2.05) is 4.90 Å². The maximum Gasteiger partial charge on any atom is 0.252 e. The molecule has 27 heavy (non-hydrogen) atoms. The van der Waals surface area contributed by atoms with Crippen LogP contribution in [0.5, 0.6) is 0 Å². The quantitative estimate of drug-likeness (QED) is 0.715. The number of nitrogens with one attached hydrogen (secondary N) is 1. The van der Waals surface area contributed by atoms with E-state index in [9.17, 15) is 22.0 Å². The first-order chi connectivity index (χ1) is 12.8. The molecule has 1 aliphatic rings. The van der Waals surface area contributed by atoms with Gasteiger partial charge in [0.1, 0.15) is 4.21 Å². The lowest BCUT2D eigenvalue weighted by atomic mass is 10.3.